The molecule has 0 radical (unpaired) electrons. The van der Waals surface area contributed by atoms with Crippen LogP contribution in [0.5, 0.6) is 5.75 Å². The van der Waals surface area contributed by atoms with E-state index in [2.05, 4.69) is 10.6 Å². The maximum Gasteiger partial charge on any atom is 0.490 e. The Bertz CT molecular complexity index is 915. The Morgan fingerprint density at radius 1 is 1.18 bits per heavy atom. The van der Waals surface area contributed by atoms with Gasteiger partial charge < -0.3 is 25.4 Å². The van der Waals surface area contributed by atoms with Gasteiger partial charge in [0.25, 0.3) is 5.91 Å². The van der Waals surface area contributed by atoms with E-state index in [1.165, 1.54) is 0 Å². The maximum atomic E-state index is 13.2. The SMILES string of the molecule is O=C(O)C(F)(F)F.O=C1NCC2CCCN2C(=O)C2(C/C=C/COc3ccccc31)CNC2. The van der Waals surface area contributed by atoms with Crippen molar-refractivity contribution in [2.24, 2.45) is 5.41 Å². The minimum Gasteiger partial charge on any atom is -0.489 e. The van der Waals surface area contributed by atoms with Gasteiger partial charge in [-0.2, -0.15) is 13.2 Å². The fourth-order valence-corrected chi connectivity index (χ4v) is 4.03. The predicted octanol–water partition coefficient (Wildman–Crippen LogP) is 1.97. The second-order valence-corrected chi connectivity index (χ2v) is 8.17. The lowest BCUT2D eigenvalue weighted by Crippen LogP contribution is -2.63. The van der Waals surface area contributed by atoms with Crippen molar-refractivity contribution < 1.29 is 37.4 Å². The average molecular weight is 469 g/mol. The summed E-state index contributed by atoms with van der Waals surface area (Å²) in [6.07, 6.45) is 1.54. The molecular weight excluding hydrogens is 443 g/mol. The first kappa shape index (κ1) is 24.6. The molecule has 2 saturated heterocycles. The van der Waals surface area contributed by atoms with Crippen LogP contribution in [0.2, 0.25) is 0 Å². The lowest BCUT2D eigenvalue weighted by Gasteiger charge is -2.44. The minimum atomic E-state index is -5.08. The summed E-state index contributed by atoms with van der Waals surface area (Å²) in [6, 6.07) is 7.36. The Labute approximate surface area is 188 Å². The molecule has 3 aliphatic rings. The van der Waals surface area contributed by atoms with Gasteiger partial charge in [-0.25, -0.2) is 4.79 Å². The van der Waals surface area contributed by atoms with E-state index in [1.54, 1.807) is 6.07 Å². The number of benzene rings is 1. The van der Waals surface area contributed by atoms with Crippen molar-refractivity contribution in [1.29, 1.82) is 0 Å². The van der Waals surface area contributed by atoms with Crippen LogP contribution in [0, 0.1) is 5.41 Å². The number of rotatable bonds is 0. The number of aliphatic carboxylic acids is 1. The molecule has 33 heavy (non-hydrogen) atoms. The normalized spacial score (nSPS) is 23.5. The summed E-state index contributed by atoms with van der Waals surface area (Å²) in [6.45, 7) is 3.09. The third-order valence-electron chi connectivity index (χ3n) is 5.90. The number of nitrogens with zero attached hydrogens (tertiary/aromatic N) is 1. The van der Waals surface area contributed by atoms with Crippen LogP contribution in [0.25, 0.3) is 0 Å². The molecule has 3 aliphatic heterocycles. The van der Waals surface area contributed by atoms with Gasteiger partial charge in [0.2, 0.25) is 5.91 Å². The van der Waals surface area contributed by atoms with Gasteiger partial charge in [0.05, 0.1) is 11.0 Å². The molecule has 0 saturated carbocycles. The van der Waals surface area contributed by atoms with E-state index < -0.39 is 12.1 Å². The number of carbonyl (C=O) groups is 3. The average Bonchev–Trinajstić information content (AvgIpc) is 3.21. The zero-order valence-electron chi connectivity index (χ0n) is 17.9. The zero-order valence-corrected chi connectivity index (χ0v) is 17.9. The highest BCUT2D eigenvalue weighted by molar-refractivity contribution is 5.97. The first-order valence-corrected chi connectivity index (χ1v) is 10.6. The van der Waals surface area contributed by atoms with Crippen molar-refractivity contribution in [3.05, 3.63) is 42.0 Å². The van der Waals surface area contributed by atoms with Crippen molar-refractivity contribution >= 4 is 17.8 Å². The van der Waals surface area contributed by atoms with E-state index in [4.69, 9.17) is 14.6 Å². The highest BCUT2D eigenvalue weighted by Crippen LogP contribution is 2.33. The fourth-order valence-electron chi connectivity index (χ4n) is 4.03. The molecular formula is C22H26F3N3O5. The van der Waals surface area contributed by atoms with E-state index in [9.17, 15) is 22.8 Å². The van der Waals surface area contributed by atoms with Crippen LogP contribution in [0.3, 0.4) is 0 Å². The highest BCUT2D eigenvalue weighted by atomic mass is 19.4. The molecule has 1 aromatic carbocycles. The molecule has 1 spiro atoms. The highest BCUT2D eigenvalue weighted by Gasteiger charge is 2.47. The van der Waals surface area contributed by atoms with E-state index in [0.29, 0.717) is 24.5 Å². The number of allylic oxidation sites excluding steroid dienone is 1. The van der Waals surface area contributed by atoms with Crippen LogP contribution in [0.15, 0.2) is 36.4 Å². The van der Waals surface area contributed by atoms with Crippen molar-refractivity contribution in [1.82, 2.24) is 15.5 Å². The van der Waals surface area contributed by atoms with Crippen LogP contribution >= 0.6 is 0 Å². The molecule has 1 aromatic rings. The molecule has 2 fully saturated rings. The summed E-state index contributed by atoms with van der Waals surface area (Å²) in [5, 5.41) is 13.4. The number of alkyl halides is 3. The van der Waals surface area contributed by atoms with Gasteiger partial charge in [-0.1, -0.05) is 24.3 Å². The number of carboxylic acid groups (broad SMARTS) is 1. The van der Waals surface area contributed by atoms with Crippen LogP contribution in [-0.4, -0.2) is 72.8 Å². The van der Waals surface area contributed by atoms with E-state index >= 15 is 0 Å². The van der Waals surface area contributed by atoms with Gasteiger partial charge in [-0.3, -0.25) is 9.59 Å². The van der Waals surface area contributed by atoms with Crippen LogP contribution in [0.1, 0.15) is 29.6 Å². The van der Waals surface area contributed by atoms with Crippen LogP contribution in [0.4, 0.5) is 13.2 Å². The largest absolute Gasteiger partial charge is 0.490 e. The molecule has 8 nitrogen and oxygen atoms in total. The molecule has 2 amide bonds. The maximum absolute atomic E-state index is 13.2. The van der Waals surface area contributed by atoms with Crippen molar-refractivity contribution in [2.45, 2.75) is 31.5 Å². The van der Waals surface area contributed by atoms with Crippen LogP contribution < -0.4 is 15.4 Å². The Morgan fingerprint density at radius 3 is 2.52 bits per heavy atom. The molecule has 1 atom stereocenters. The molecule has 0 bridgehead atoms. The van der Waals surface area contributed by atoms with Crippen molar-refractivity contribution in [3.63, 3.8) is 0 Å². The van der Waals surface area contributed by atoms with Gasteiger partial charge in [0, 0.05) is 32.2 Å². The third kappa shape index (κ3) is 5.84. The number of ether oxygens (including phenoxy) is 1. The first-order valence-electron chi connectivity index (χ1n) is 10.6. The Kier molecular flexibility index (Phi) is 7.62. The third-order valence-corrected chi connectivity index (χ3v) is 5.90. The predicted molar refractivity (Wildman–Crippen MR) is 112 cm³/mol. The van der Waals surface area contributed by atoms with Gasteiger partial charge >= 0.3 is 12.1 Å². The van der Waals surface area contributed by atoms with Crippen LogP contribution in [-0.2, 0) is 9.59 Å². The molecule has 3 heterocycles. The van der Waals surface area contributed by atoms with Gasteiger partial charge in [0.15, 0.2) is 0 Å². The lowest BCUT2D eigenvalue weighted by atomic mass is 9.77. The molecule has 1 unspecified atom stereocenters. The van der Waals surface area contributed by atoms with E-state index in [-0.39, 0.29) is 23.3 Å². The molecule has 0 aliphatic carbocycles. The monoisotopic (exact) mass is 469 g/mol. The summed E-state index contributed by atoms with van der Waals surface area (Å²) in [4.78, 5) is 36.7. The molecule has 4 rings (SSSR count). The number of hydrogen-bond donors (Lipinski definition) is 3. The quantitative estimate of drug-likeness (QED) is 0.502. The number of hydrogen-bond acceptors (Lipinski definition) is 5. The fraction of sp³-hybridized carbons (Fsp3) is 0.500. The second kappa shape index (κ2) is 10.2. The number of fused-ring (bicyclic) bond motifs is 2. The van der Waals surface area contributed by atoms with Crippen molar-refractivity contribution in [3.8, 4) is 5.75 Å². The van der Waals surface area contributed by atoms with E-state index in [0.717, 1.165) is 38.9 Å². The molecule has 11 heteroatoms. The first-order chi connectivity index (χ1) is 15.6. The van der Waals surface area contributed by atoms with Crippen molar-refractivity contribution in [2.75, 3.05) is 32.8 Å². The minimum absolute atomic E-state index is 0.0731. The van der Waals surface area contributed by atoms with Gasteiger partial charge in [-0.05, 0) is 31.4 Å². The molecule has 180 valence electrons. The second-order valence-electron chi connectivity index (χ2n) is 8.17. The van der Waals surface area contributed by atoms with Gasteiger partial charge in [0.1, 0.15) is 12.4 Å². The number of amides is 2. The number of nitrogens with one attached hydrogen (secondary N) is 2. The van der Waals surface area contributed by atoms with Gasteiger partial charge in [-0.15, -0.1) is 0 Å². The number of carbonyl (C=O) groups excluding carboxylic acids is 2. The standard InChI is InChI=1S/C20H25N3O3.C2HF3O2/c24-18-16-7-1-2-8-17(16)26-11-4-3-9-20(13-21-14-20)19(25)23-10-5-6-15(23)12-22-18;3-2(4,5)1(6)7/h1-4,7-8,15,21H,5-6,9-14H2,(H,22,24);(H,6,7)/b4-3+;. The summed E-state index contributed by atoms with van der Waals surface area (Å²) in [7, 11) is 0. The number of carboxylic acids is 1. The number of para-hydroxylation sites is 1. The molecule has 3 N–H and O–H groups in total. The summed E-state index contributed by atoms with van der Waals surface area (Å²) < 4.78 is 37.5. The summed E-state index contributed by atoms with van der Waals surface area (Å²) >= 11 is 0. The Hall–Kier alpha value is -3.08. The Balaban J connectivity index is 0.000000383. The summed E-state index contributed by atoms with van der Waals surface area (Å²) in [5.74, 6) is -2.10. The lowest BCUT2D eigenvalue weighted by molar-refractivity contribution is -0.192. The van der Waals surface area contributed by atoms with E-state index in [1.807, 2.05) is 35.3 Å². The summed E-state index contributed by atoms with van der Waals surface area (Å²) in [5.41, 5.74) is 0.194. The zero-order chi connectivity index (χ0) is 24.1. The molecule has 0 aromatic heterocycles. The number of halogens is 3. The smallest absolute Gasteiger partial charge is 0.489 e. The Morgan fingerprint density at radius 2 is 1.88 bits per heavy atom. The topological polar surface area (TPSA) is 108 Å².